The van der Waals surface area contributed by atoms with Crippen molar-refractivity contribution in [3.8, 4) is 0 Å². The maximum Gasteiger partial charge on any atom is 0.272 e. The Bertz CT molecular complexity index is 957. The summed E-state index contributed by atoms with van der Waals surface area (Å²) in [6, 6.07) is 14.5. The molecule has 7 nitrogen and oxygen atoms in total. The summed E-state index contributed by atoms with van der Waals surface area (Å²) < 4.78 is 0. The number of amides is 1. The second-order valence-electron chi connectivity index (χ2n) is 6.05. The smallest absolute Gasteiger partial charge is 0.272 e. The first kappa shape index (κ1) is 18.7. The lowest BCUT2D eigenvalue weighted by Crippen LogP contribution is -2.12. The van der Waals surface area contributed by atoms with Crippen molar-refractivity contribution in [3.63, 3.8) is 0 Å². The zero-order valence-electron chi connectivity index (χ0n) is 14.7. The minimum absolute atomic E-state index is 0.0110. The number of nitrogens with one attached hydrogen (secondary N) is 1. The minimum Gasteiger partial charge on any atom is -0.296 e. The highest BCUT2D eigenvalue weighted by Crippen LogP contribution is 2.21. The number of nitro benzene ring substituents is 1. The van der Waals surface area contributed by atoms with Crippen LogP contribution in [0.15, 0.2) is 48.5 Å². The lowest BCUT2D eigenvalue weighted by atomic mass is 10.1. The molecule has 0 saturated carbocycles. The first-order valence-corrected chi connectivity index (χ1v) is 9.27. The van der Waals surface area contributed by atoms with E-state index in [1.807, 2.05) is 18.2 Å². The summed E-state index contributed by atoms with van der Waals surface area (Å²) in [5.41, 5.74) is 2.05. The Morgan fingerprint density at radius 1 is 1.15 bits per heavy atom. The van der Waals surface area contributed by atoms with Crippen molar-refractivity contribution < 1.29 is 9.72 Å². The Labute approximate surface area is 160 Å². The number of nitro groups is 1. The van der Waals surface area contributed by atoms with Gasteiger partial charge in [-0.1, -0.05) is 41.7 Å². The third-order valence-corrected chi connectivity index (χ3v) is 4.94. The molecule has 2 aromatic carbocycles. The van der Waals surface area contributed by atoms with Crippen LogP contribution < -0.4 is 5.32 Å². The van der Waals surface area contributed by atoms with E-state index in [2.05, 4.69) is 27.6 Å². The fraction of sp³-hybridized carbons (Fsp3) is 0.211. The zero-order chi connectivity index (χ0) is 19.2. The maximum atomic E-state index is 12.3. The second-order valence-corrected chi connectivity index (χ2v) is 7.11. The van der Waals surface area contributed by atoms with Crippen LogP contribution in [-0.4, -0.2) is 21.0 Å². The second kappa shape index (κ2) is 8.50. The quantitative estimate of drug-likeness (QED) is 0.488. The summed E-state index contributed by atoms with van der Waals surface area (Å²) >= 11 is 1.34. The van der Waals surface area contributed by atoms with Gasteiger partial charge in [0.15, 0.2) is 0 Å². The lowest BCUT2D eigenvalue weighted by Gasteiger charge is -2.03. The molecule has 0 atom stereocenters. The van der Waals surface area contributed by atoms with Gasteiger partial charge in [0.25, 0.3) is 11.6 Å². The first-order chi connectivity index (χ1) is 13.0. The van der Waals surface area contributed by atoms with Crippen LogP contribution in [0, 0.1) is 17.0 Å². The molecule has 0 aliphatic heterocycles. The minimum atomic E-state index is -0.469. The van der Waals surface area contributed by atoms with E-state index in [4.69, 9.17) is 0 Å². The monoisotopic (exact) mass is 382 g/mol. The summed E-state index contributed by atoms with van der Waals surface area (Å²) in [4.78, 5) is 22.7. The molecule has 8 heteroatoms. The van der Waals surface area contributed by atoms with Crippen LogP contribution in [-0.2, 0) is 12.8 Å². The Morgan fingerprint density at radius 3 is 2.63 bits per heavy atom. The number of benzene rings is 2. The number of nitrogens with zero attached hydrogens (tertiary/aromatic N) is 3. The molecule has 3 rings (SSSR count). The average Bonchev–Trinajstić information content (AvgIpc) is 3.09. The summed E-state index contributed by atoms with van der Waals surface area (Å²) in [5, 5.41) is 23.0. The topological polar surface area (TPSA) is 98.0 Å². The molecule has 0 bridgehead atoms. The molecule has 138 valence electrons. The van der Waals surface area contributed by atoms with Crippen LogP contribution in [0.1, 0.15) is 32.9 Å². The van der Waals surface area contributed by atoms with Crippen LogP contribution in [0.25, 0.3) is 0 Å². The number of carbonyl (C=O) groups excluding carboxylic acids is 1. The summed E-state index contributed by atoms with van der Waals surface area (Å²) in [6.45, 7) is 1.60. The van der Waals surface area contributed by atoms with Gasteiger partial charge < -0.3 is 0 Å². The van der Waals surface area contributed by atoms with Crippen molar-refractivity contribution in [2.24, 2.45) is 0 Å². The molecule has 0 saturated heterocycles. The van der Waals surface area contributed by atoms with E-state index in [-0.39, 0.29) is 11.6 Å². The average molecular weight is 382 g/mol. The number of anilines is 1. The number of hydrogen-bond donors (Lipinski definition) is 1. The molecule has 0 spiro atoms. The maximum absolute atomic E-state index is 12.3. The highest BCUT2D eigenvalue weighted by Gasteiger charge is 2.15. The summed E-state index contributed by atoms with van der Waals surface area (Å²) in [7, 11) is 0. The van der Waals surface area contributed by atoms with Crippen molar-refractivity contribution in [3.05, 3.63) is 80.3 Å². The van der Waals surface area contributed by atoms with E-state index in [1.54, 1.807) is 6.92 Å². The van der Waals surface area contributed by atoms with Gasteiger partial charge in [-0.05, 0) is 37.5 Å². The lowest BCUT2D eigenvalue weighted by molar-refractivity contribution is -0.385. The molecule has 3 aromatic rings. The molecule has 0 radical (unpaired) electrons. The van der Waals surface area contributed by atoms with E-state index in [0.29, 0.717) is 16.3 Å². The molecule has 1 aromatic heterocycles. The van der Waals surface area contributed by atoms with Gasteiger partial charge in [-0.3, -0.25) is 20.2 Å². The third-order valence-electron chi connectivity index (χ3n) is 4.04. The van der Waals surface area contributed by atoms with E-state index in [1.165, 1.54) is 35.1 Å². The molecule has 0 aliphatic rings. The van der Waals surface area contributed by atoms with Crippen LogP contribution >= 0.6 is 11.3 Å². The molecular formula is C19H18N4O3S. The van der Waals surface area contributed by atoms with Gasteiger partial charge in [-0.15, -0.1) is 10.2 Å². The number of carbonyl (C=O) groups is 1. The first-order valence-electron chi connectivity index (χ1n) is 8.45. The van der Waals surface area contributed by atoms with E-state index < -0.39 is 4.92 Å². The number of aromatic nitrogens is 2. The number of hydrogen-bond acceptors (Lipinski definition) is 6. The Morgan fingerprint density at radius 2 is 1.93 bits per heavy atom. The summed E-state index contributed by atoms with van der Waals surface area (Å²) in [5.74, 6) is -0.361. The number of rotatable bonds is 7. The van der Waals surface area contributed by atoms with Gasteiger partial charge in [0.1, 0.15) is 5.01 Å². The summed E-state index contributed by atoms with van der Waals surface area (Å²) in [6.07, 6.45) is 2.71. The molecule has 0 unspecified atom stereocenters. The molecule has 1 amide bonds. The highest BCUT2D eigenvalue weighted by molar-refractivity contribution is 7.15. The Hall–Kier alpha value is -3.13. The molecule has 1 heterocycles. The van der Waals surface area contributed by atoms with Crippen LogP contribution in [0.2, 0.25) is 0 Å². The standard InChI is InChI=1S/C19H18N4O3S/c1-13-12-15(10-11-16(13)23(25)26)18(24)20-19-22-21-17(27-19)9-5-8-14-6-3-2-4-7-14/h2-4,6-7,10-12H,5,8-9H2,1H3,(H,20,22,24). The largest absolute Gasteiger partial charge is 0.296 e. The fourth-order valence-electron chi connectivity index (χ4n) is 2.66. The Kier molecular flexibility index (Phi) is 5.87. The van der Waals surface area contributed by atoms with Gasteiger partial charge in [-0.25, -0.2) is 0 Å². The van der Waals surface area contributed by atoms with Crippen molar-refractivity contribution in [1.29, 1.82) is 0 Å². The Balaban J connectivity index is 1.56. The van der Waals surface area contributed by atoms with Crippen LogP contribution in [0.5, 0.6) is 0 Å². The third kappa shape index (κ3) is 4.95. The molecule has 27 heavy (non-hydrogen) atoms. The van der Waals surface area contributed by atoms with E-state index in [0.717, 1.165) is 24.3 Å². The van der Waals surface area contributed by atoms with Crippen molar-refractivity contribution in [2.45, 2.75) is 26.2 Å². The van der Waals surface area contributed by atoms with Gasteiger partial charge in [0, 0.05) is 23.6 Å². The van der Waals surface area contributed by atoms with Crippen molar-refractivity contribution >= 4 is 28.1 Å². The van der Waals surface area contributed by atoms with Crippen molar-refractivity contribution in [2.75, 3.05) is 5.32 Å². The molecular weight excluding hydrogens is 364 g/mol. The number of aryl methyl sites for hydroxylation is 3. The van der Waals surface area contributed by atoms with E-state index >= 15 is 0 Å². The highest BCUT2D eigenvalue weighted by atomic mass is 32.1. The van der Waals surface area contributed by atoms with Crippen molar-refractivity contribution in [1.82, 2.24) is 10.2 Å². The van der Waals surface area contributed by atoms with Gasteiger partial charge >= 0.3 is 0 Å². The normalized spacial score (nSPS) is 10.6. The van der Waals surface area contributed by atoms with Gasteiger partial charge in [0.2, 0.25) is 5.13 Å². The van der Waals surface area contributed by atoms with Gasteiger partial charge in [0.05, 0.1) is 4.92 Å². The predicted octanol–water partition coefficient (Wildman–Crippen LogP) is 4.18. The van der Waals surface area contributed by atoms with Gasteiger partial charge in [-0.2, -0.15) is 0 Å². The van der Waals surface area contributed by atoms with Crippen LogP contribution in [0.4, 0.5) is 10.8 Å². The molecule has 1 N–H and O–H groups in total. The van der Waals surface area contributed by atoms with Crippen LogP contribution in [0.3, 0.4) is 0 Å². The fourth-order valence-corrected chi connectivity index (χ4v) is 3.44. The SMILES string of the molecule is Cc1cc(C(=O)Nc2nnc(CCCc3ccccc3)s2)ccc1[N+](=O)[O-]. The predicted molar refractivity (Wildman–Crippen MR) is 104 cm³/mol. The zero-order valence-corrected chi connectivity index (χ0v) is 15.5. The molecule has 0 aliphatic carbocycles. The van der Waals surface area contributed by atoms with E-state index in [9.17, 15) is 14.9 Å². The molecule has 0 fully saturated rings.